The number of imidazole rings is 1. The van der Waals surface area contributed by atoms with E-state index in [0.717, 1.165) is 11.8 Å². The third-order valence-electron chi connectivity index (χ3n) is 2.73. The van der Waals surface area contributed by atoms with E-state index in [1.54, 1.807) is 17.1 Å². The van der Waals surface area contributed by atoms with E-state index in [1.807, 2.05) is 13.8 Å². The monoisotopic (exact) mass is 251 g/mol. The smallest absolute Gasteiger partial charge is 0.131 e. The Morgan fingerprint density at radius 3 is 2.67 bits per heavy atom. The van der Waals surface area contributed by atoms with Crippen molar-refractivity contribution in [3.63, 3.8) is 0 Å². The van der Waals surface area contributed by atoms with Gasteiger partial charge in [-0.05, 0) is 19.9 Å². The second kappa shape index (κ2) is 4.49. The average Bonchev–Trinajstić information content (AvgIpc) is 2.70. The van der Waals surface area contributed by atoms with Gasteiger partial charge in [0.2, 0.25) is 0 Å². The lowest BCUT2D eigenvalue weighted by Crippen LogP contribution is -2.31. The average molecular weight is 251 g/mol. The van der Waals surface area contributed by atoms with E-state index >= 15 is 0 Å². The third kappa shape index (κ3) is 2.56. The highest BCUT2D eigenvalue weighted by molar-refractivity contribution is 5.20. The van der Waals surface area contributed by atoms with Crippen LogP contribution in [0.5, 0.6) is 0 Å². The molecule has 0 unspecified atom stereocenters. The number of hydrogen-bond acceptors (Lipinski definition) is 2. The van der Waals surface area contributed by atoms with Crippen LogP contribution >= 0.6 is 0 Å². The molecule has 0 amide bonds. The molecular weight excluding hydrogens is 236 g/mol. The van der Waals surface area contributed by atoms with Crippen LogP contribution < -0.4 is 5.73 Å². The SMILES string of the molecule is CC(C)(N)c1cncn1Cc1ccc(F)cc1F. The molecule has 1 aromatic carbocycles. The van der Waals surface area contributed by atoms with Crippen LogP contribution in [0.4, 0.5) is 8.78 Å². The van der Waals surface area contributed by atoms with Crippen LogP contribution in [0.2, 0.25) is 0 Å². The van der Waals surface area contributed by atoms with E-state index < -0.39 is 17.2 Å². The van der Waals surface area contributed by atoms with E-state index in [4.69, 9.17) is 5.73 Å². The van der Waals surface area contributed by atoms with E-state index in [9.17, 15) is 8.78 Å². The molecule has 0 aliphatic carbocycles. The minimum atomic E-state index is -0.582. The first-order chi connectivity index (χ1) is 8.38. The van der Waals surface area contributed by atoms with Crippen molar-refractivity contribution < 1.29 is 8.78 Å². The Hall–Kier alpha value is -1.75. The summed E-state index contributed by atoms with van der Waals surface area (Å²) in [5.74, 6) is -1.15. The molecule has 18 heavy (non-hydrogen) atoms. The number of nitrogens with zero attached hydrogens (tertiary/aromatic N) is 2. The predicted octanol–water partition coefficient (Wildman–Crippen LogP) is 2.40. The first-order valence-corrected chi connectivity index (χ1v) is 5.61. The van der Waals surface area contributed by atoms with Gasteiger partial charge in [-0.15, -0.1) is 0 Å². The van der Waals surface area contributed by atoms with Crippen molar-refractivity contribution in [2.75, 3.05) is 0 Å². The van der Waals surface area contributed by atoms with Crippen LogP contribution in [0.15, 0.2) is 30.7 Å². The fraction of sp³-hybridized carbons (Fsp3) is 0.308. The Morgan fingerprint density at radius 2 is 2.06 bits per heavy atom. The van der Waals surface area contributed by atoms with Crippen molar-refractivity contribution in [1.82, 2.24) is 9.55 Å². The molecule has 0 saturated heterocycles. The topological polar surface area (TPSA) is 43.8 Å². The molecule has 2 aromatic rings. The van der Waals surface area contributed by atoms with Gasteiger partial charge in [-0.25, -0.2) is 13.8 Å². The Labute approximate surface area is 104 Å². The first kappa shape index (κ1) is 12.7. The van der Waals surface area contributed by atoms with Crippen LogP contribution in [-0.4, -0.2) is 9.55 Å². The maximum atomic E-state index is 13.6. The van der Waals surface area contributed by atoms with Gasteiger partial charge in [0.15, 0.2) is 0 Å². The molecule has 5 heteroatoms. The highest BCUT2D eigenvalue weighted by atomic mass is 19.1. The molecule has 0 bridgehead atoms. The Bertz CT molecular complexity index is 556. The summed E-state index contributed by atoms with van der Waals surface area (Å²) < 4.78 is 28.1. The number of halogens is 2. The Kier molecular flexibility index (Phi) is 3.17. The lowest BCUT2D eigenvalue weighted by atomic mass is 10.0. The van der Waals surface area contributed by atoms with Crippen molar-refractivity contribution >= 4 is 0 Å². The van der Waals surface area contributed by atoms with E-state index in [-0.39, 0.29) is 6.54 Å². The molecule has 0 radical (unpaired) electrons. The standard InChI is InChI=1S/C13H15F2N3/c1-13(2,16)12-6-17-8-18(12)7-9-3-4-10(14)5-11(9)15/h3-6,8H,7,16H2,1-2H3. The van der Waals surface area contributed by atoms with E-state index in [1.165, 1.54) is 12.1 Å². The van der Waals surface area contributed by atoms with Crippen molar-refractivity contribution in [3.05, 3.63) is 53.6 Å². The summed E-state index contributed by atoms with van der Waals surface area (Å²) in [7, 11) is 0. The van der Waals surface area contributed by atoms with Gasteiger partial charge in [0.25, 0.3) is 0 Å². The van der Waals surface area contributed by atoms with Gasteiger partial charge in [0.1, 0.15) is 11.6 Å². The summed E-state index contributed by atoms with van der Waals surface area (Å²) in [4.78, 5) is 4.02. The van der Waals surface area contributed by atoms with Crippen LogP contribution in [0.3, 0.4) is 0 Å². The maximum Gasteiger partial charge on any atom is 0.131 e. The van der Waals surface area contributed by atoms with Gasteiger partial charge in [0.05, 0.1) is 24.1 Å². The minimum Gasteiger partial charge on any atom is -0.328 e. The second-order valence-corrected chi connectivity index (χ2v) is 4.86. The van der Waals surface area contributed by atoms with Crippen LogP contribution in [0.1, 0.15) is 25.1 Å². The largest absolute Gasteiger partial charge is 0.328 e. The normalized spacial score (nSPS) is 11.8. The van der Waals surface area contributed by atoms with Gasteiger partial charge < -0.3 is 10.3 Å². The predicted molar refractivity (Wildman–Crippen MR) is 64.9 cm³/mol. The van der Waals surface area contributed by atoms with Crippen molar-refractivity contribution in [2.24, 2.45) is 5.73 Å². The zero-order valence-corrected chi connectivity index (χ0v) is 10.3. The summed E-state index contributed by atoms with van der Waals surface area (Å²) in [5, 5.41) is 0. The Morgan fingerprint density at radius 1 is 1.33 bits per heavy atom. The fourth-order valence-electron chi connectivity index (χ4n) is 1.82. The summed E-state index contributed by atoms with van der Waals surface area (Å²) in [6.07, 6.45) is 3.24. The number of hydrogen-bond donors (Lipinski definition) is 1. The molecule has 96 valence electrons. The fourth-order valence-corrected chi connectivity index (χ4v) is 1.82. The highest BCUT2D eigenvalue weighted by Gasteiger charge is 2.19. The molecule has 2 rings (SSSR count). The summed E-state index contributed by atoms with van der Waals surface area (Å²) in [6.45, 7) is 3.98. The van der Waals surface area contributed by atoms with Crippen molar-refractivity contribution in [1.29, 1.82) is 0 Å². The van der Waals surface area contributed by atoms with E-state index in [0.29, 0.717) is 5.56 Å². The highest BCUT2D eigenvalue weighted by Crippen LogP contribution is 2.18. The number of aromatic nitrogens is 2. The van der Waals surface area contributed by atoms with Gasteiger partial charge in [-0.2, -0.15) is 0 Å². The zero-order chi connectivity index (χ0) is 13.3. The summed E-state index contributed by atoms with van der Waals surface area (Å²) in [6, 6.07) is 3.54. The molecule has 3 nitrogen and oxygen atoms in total. The zero-order valence-electron chi connectivity index (χ0n) is 10.3. The lowest BCUT2D eigenvalue weighted by molar-refractivity contribution is 0.497. The van der Waals surface area contributed by atoms with Crippen LogP contribution in [0.25, 0.3) is 0 Å². The lowest BCUT2D eigenvalue weighted by Gasteiger charge is -2.20. The van der Waals surface area contributed by atoms with Crippen molar-refractivity contribution in [3.8, 4) is 0 Å². The molecule has 1 heterocycles. The first-order valence-electron chi connectivity index (χ1n) is 5.61. The summed E-state index contributed by atoms with van der Waals surface area (Å²) >= 11 is 0. The Balaban J connectivity index is 2.32. The second-order valence-electron chi connectivity index (χ2n) is 4.86. The molecule has 0 fully saturated rings. The summed E-state index contributed by atoms with van der Waals surface area (Å²) in [5.41, 5.74) is 6.64. The molecule has 0 saturated carbocycles. The molecule has 2 N–H and O–H groups in total. The molecule has 0 aliphatic rings. The van der Waals surface area contributed by atoms with E-state index in [2.05, 4.69) is 4.98 Å². The molecule has 0 atom stereocenters. The molecule has 1 aromatic heterocycles. The van der Waals surface area contributed by atoms with Gasteiger partial charge >= 0.3 is 0 Å². The van der Waals surface area contributed by atoms with Gasteiger partial charge in [-0.3, -0.25) is 0 Å². The van der Waals surface area contributed by atoms with Gasteiger partial charge in [0, 0.05) is 17.8 Å². The maximum absolute atomic E-state index is 13.6. The molecule has 0 aliphatic heterocycles. The van der Waals surface area contributed by atoms with Crippen LogP contribution in [-0.2, 0) is 12.1 Å². The molecule has 0 spiro atoms. The minimum absolute atomic E-state index is 0.280. The molecular formula is C13H15F2N3. The van der Waals surface area contributed by atoms with Crippen LogP contribution in [0, 0.1) is 11.6 Å². The van der Waals surface area contributed by atoms with Gasteiger partial charge in [-0.1, -0.05) is 6.07 Å². The number of nitrogens with two attached hydrogens (primary N) is 1. The number of rotatable bonds is 3. The third-order valence-corrected chi connectivity index (χ3v) is 2.73. The van der Waals surface area contributed by atoms with Crippen molar-refractivity contribution in [2.45, 2.75) is 25.9 Å². The number of benzene rings is 1. The quantitative estimate of drug-likeness (QED) is 0.910.